The molecule has 0 aliphatic heterocycles. The molecule has 0 saturated heterocycles. The van der Waals surface area contributed by atoms with Gasteiger partial charge in [0.25, 0.3) is 0 Å². The maximum absolute atomic E-state index is 9.58. The number of rotatable bonds is 2. The van der Waals surface area contributed by atoms with Crippen molar-refractivity contribution in [2.75, 3.05) is 18.1 Å². The van der Waals surface area contributed by atoms with E-state index in [0.29, 0.717) is 17.6 Å². The average Bonchev–Trinajstić information content (AvgIpc) is 2.69. The summed E-state index contributed by atoms with van der Waals surface area (Å²) in [5.74, 6) is 0.110. The molecule has 1 unspecified atom stereocenters. The summed E-state index contributed by atoms with van der Waals surface area (Å²) in [5, 5.41) is 18.8. The van der Waals surface area contributed by atoms with Crippen LogP contribution in [0.25, 0.3) is 11.2 Å². The van der Waals surface area contributed by atoms with Crippen molar-refractivity contribution in [2.24, 2.45) is 5.92 Å². The number of anilines is 2. The molecule has 2 aromatic heterocycles. The number of hydrogen-bond acceptors (Lipinski definition) is 7. The van der Waals surface area contributed by atoms with Crippen molar-refractivity contribution in [3.8, 4) is 0 Å². The number of aliphatic hydroxyl groups excluding tert-OH is 2. The summed E-state index contributed by atoms with van der Waals surface area (Å²) in [5.41, 5.74) is 12.3. The lowest BCUT2D eigenvalue weighted by atomic mass is 9.77. The molecule has 8 heteroatoms. The average molecular weight is 250 g/mol. The minimum Gasteiger partial charge on any atom is -0.396 e. The minimum absolute atomic E-state index is 0.0382. The van der Waals surface area contributed by atoms with Gasteiger partial charge in [0.2, 0.25) is 5.95 Å². The summed E-state index contributed by atoms with van der Waals surface area (Å²) in [6.07, 6.45) is 1.66. The lowest BCUT2D eigenvalue weighted by Crippen LogP contribution is -2.44. The number of aromatic nitrogens is 4. The van der Waals surface area contributed by atoms with E-state index in [2.05, 4.69) is 15.0 Å². The van der Waals surface area contributed by atoms with Crippen LogP contribution in [0.5, 0.6) is 0 Å². The van der Waals surface area contributed by atoms with Gasteiger partial charge in [-0.2, -0.15) is 9.97 Å². The zero-order valence-electron chi connectivity index (χ0n) is 9.56. The topological polar surface area (TPSA) is 136 Å². The molecule has 1 aliphatic rings. The Morgan fingerprint density at radius 3 is 2.83 bits per heavy atom. The molecule has 3 atom stereocenters. The van der Waals surface area contributed by atoms with E-state index in [1.54, 1.807) is 10.9 Å². The first-order chi connectivity index (χ1) is 8.61. The molecule has 0 radical (unpaired) electrons. The smallest absolute Gasteiger partial charge is 0.224 e. The molecule has 1 aliphatic carbocycles. The van der Waals surface area contributed by atoms with Crippen LogP contribution in [0.3, 0.4) is 0 Å². The van der Waals surface area contributed by atoms with Crippen molar-refractivity contribution < 1.29 is 10.2 Å². The van der Waals surface area contributed by atoms with E-state index in [9.17, 15) is 10.2 Å². The Hall–Kier alpha value is -1.93. The molecule has 0 bridgehead atoms. The number of nitrogens with two attached hydrogens (primary N) is 2. The molecule has 0 amide bonds. The molecule has 18 heavy (non-hydrogen) atoms. The summed E-state index contributed by atoms with van der Waals surface area (Å²) in [6, 6.07) is -0.0382. The van der Waals surface area contributed by atoms with Gasteiger partial charge in [0.1, 0.15) is 5.52 Å². The second-order valence-electron chi connectivity index (χ2n) is 4.51. The van der Waals surface area contributed by atoms with Crippen molar-refractivity contribution in [2.45, 2.75) is 18.6 Å². The zero-order valence-corrected chi connectivity index (χ0v) is 9.56. The predicted molar refractivity (Wildman–Crippen MR) is 64.4 cm³/mol. The van der Waals surface area contributed by atoms with Gasteiger partial charge in [-0.1, -0.05) is 0 Å². The van der Waals surface area contributed by atoms with Gasteiger partial charge < -0.3 is 26.2 Å². The molecule has 96 valence electrons. The van der Waals surface area contributed by atoms with E-state index in [4.69, 9.17) is 11.5 Å². The Labute approximate surface area is 102 Å². The maximum Gasteiger partial charge on any atom is 0.224 e. The number of nitrogen functional groups attached to an aromatic ring is 2. The SMILES string of the molecule is Nc1nc(N)c2ncn([C@@H]3C[C@H](O)C3CO)c2n1. The van der Waals surface area contributed by atoms with E-state index in [1.807, 2.05) is 0 Å². The Morgan fingerprint density at radius 2 is 2.17 bits per heavy atom. The van der Waals surface area contributed by atoms with Gasteiger partial charge in [-0.05, 0) is 6.42 Å². The molecular formula is C10H14N6O2. The van der Waals surface area contributed by atoms with Crippen molar-refractivity contribution in [1.82, 2.24) is 19.5 Å². The molecule has 1 saturated carbocycles. The second-order valence-corrected chi connectivity index (χ2v) is 4.51. The van der Waals surface area contributed by atoms with E-state index in [0.717, 1.165) is 0 Å². The molecule has 8 nitrogen and oxygen atoms in total. The van der Waals surface area contributed by atoms with Crippen LogP contribution in [0.15, 0.2) is 6.33 Å². The van der Waals surface area contributed by atoms with Crippen LogP contribution in [0, 0.1) is 5.92 Å². The molecule has 0 aromatic carbocycles. The number of imidazole rings is 1. The lowest BCUT2D eigenvalue weighted by molar-refractivity contribution is -0.0512. The Balaban J connectivity index is 2.08. The van der Waals surface area contributed by atoms with Crippen LogP contribution < -0.4 is 11.5 Å². The number of fused-ring (bicyclic) bond motifs is 1. The predicted octanol–water partition coefficient (Wildman–Crippen LogP) is -1.10. The molecular weight excluding hydrogens is 236 g/mol. The van der Waals surface area contributed by atoms with Gasteiger partial charge in [-0.3, -0.25) is 0 Å². The molecule has 2 heterocycles. The Morgan fingerprint density at radius 1 is 1.39 bits per heavy atom. The van der Waals surface area contributed by atoms with E-state index in [-0.39, 0.29) is 30.3 Å². The van der Waals surface area contributed by atoms with Crippen LogP contribution in [-0.4, -0.2) is 42.4 Å². The fraction of sp³-hybridized carbons (Fsp3) is 0.500. The Kier molecular flexibility index (Phi) is 2.35. The molecule has 2 aromatic rings. The third kappa shape index (κ3) is 1.42. The minimum atomic E-state index is -0.492. The molecule has 0 spiro atoms. The fourth-order valence-corrected chi connectivity index (χ4v) is 2.42. The standard InChI is InChI=1S/C10H14N6O2/c11-8-7-9(15-10(12)14-8)16(3-13-7)5-1-6(18)4(5)2-17/h3-6,17-18H,1-2H2,(H4,11,12,14,15)/t4?,5-,6+/m1/s1. The third-order valence-corrected chi connectivity index (χ3v) is 3.51. The summed E-state index contributed by atoms with van der Waals surface area (Å²) in [6.45, 7) is -0.0818. The highest BCUT2D eigenvalue weighted by molar-refractivity contribution is 5.82. The fourth-order valence-electron chi connectivity index (χ4n) is 2.42. The quantitative estimate of drug-likeness (QED) is 0.531. The van der Waals surface area contributed by atoms with Crippen LogP contribution >= 0.6 is 0 Å². The molecule has 6 N–H and O–H groups in total. The third-order valence-electron chi connectivity index (χ3n) is 3.51. The van der Waals surface area contributed by atoms with E-state index < -0.39 is 6.10 Å². The Bertz CT molecular complexity index is 597. The van der Waals surface area contributed by atoms with Gasteiger partial charge in [0.05, 0.1) is 19.0 Å². The largest absolute Gasteiger partial charge is 0.396 e. The van der Waals surface area contributed by atoms with E-state index >= 15 is 0 Å². The van der Waals surface area contributed by atoms with Gasteiger partial charge >= 0.3 is 0 Å². The lowest BCUT2D eigenvalue weighted by Gasteiger charge is -2.41. The van der Waals surface area contributed by atoms with Gasteiger partial charge in [0, 0.05) is 12.0 Å². The number of aliphatic hydroxyl groups is 2. The van der Waals surface area contributed by atoms with Crippen molar-refractivity contribution in [3.63, 3.8) is 0 Å². The first-order valence-corrected chi connectivity index (χ1v) is 5.66. The first kappa shape index (κ1) is 11.2. The van der Waals surface area contributed by atoms with Gasteiger partial charge in [-0.25, -0.2) is 4.98 Å². The highest BCUT2D eigenvalue weighted by Gasteiger charge is 2.41. The monoisotopic (exact) mass is 250 g/mol. The highest BCUT2D eigenvalue weighted by atomic mass is 16.3. The summed E-state index contributed by atoms with van der Waals surface area (Å²) >= 11 is 0. The molecule has 1 fully saturated rings. The van der Waals surface area contributed by atoms with Gasteiger partial charge in [-0.15, -0.1) is 0 Å². The van der Waals surface area contributed by atoms with Crippen LogP contribution in [0.2, 0.25) is 0 Å². The van der Waals surface area contributed by atoms with Crippen molar-refractivity contribution >= 4 is 22.9 Å². The first-order valence-electron chi connectivity index (χ1n) is 5.66. The number of hydrogen-bond donors (Lipinski definition) is 4. The van der Waals surface area contributed by atoms with Crippen LogP contribution in [-0.2, 0) is 0 Å². The van der Waals surface area contributed by atoms with Crippen molar-refractivity contribution in [3.05, 3.63) is 6.33 Å². The summed E-state index contributed by atoms with van der Waals surface area (Å²) in [7, 11) is 0. The maximum atomic E-state index is 9.58. The zero-order chi connectivity index (χ0) is 12.9. The van der Waals surface area contributed by atoms with Crippen LogP contribution in [0.1, 0.15) is 12.5 Å². The summed E-state index contributed by atoms with van der Waals surface area (Å²) in [4.78, 5) is 12.1. The normalized spacial score (nSPS) is 27.3. The molecule has 3 rings (SSSR count). The van der Waals surface area contributed by atoms with E-state index in [1.165, 1.54) is 0 Å². The summed E-state index contributed by atoms with van der Waals surface area (Å²) < 4.78 is 1.79. The second kappa shape index (κ2) is 3.79. The van der Waals surface area contributed by atoms with Gasteiger partial charge in [0.15, 0.2) is 11.5 Å². The highest BCUT2D eigenvalue weighted by Crippen LogP contribution is 2.40. The van der Waals surface area contributed by atoms with Crippen LogP contribution in [0.4, 0.5) is 11.8 Å². The van der Waals surface area contributed by atoms with Crippen molar-refractivity contribution in [1.29, 1.82) is 0 Å². The number of nitrogens with zero attached hydrogens (tertiary/aromatic N) is 4.